The third kappa shape index (κ3) is 9.97. The van der Waals surface area contributed by atoms with Gasteiger partial charge in [0, 0.05) is 36.3 Å². The summed E-state index contributed by atoms with van der Waals surface area (Å²) in [6.45, 7) is 11.1. The number of benzene rings is 7. The van der Waals surface area contributed by atoms with E-state index in [9.17, 15) is 0 Å². The zero-order chi connectivity index (χ0) is 48.6. The summed E-state index contributed by atoms with van der Waals surface area (Å²) in [6, 6.07) is 46.6. The van der Waals surface area contributed by atoms with Crippen molar-refractivity contribution in [3.05, 3.63) is 156 Å². The van der Waals surface area contributed by atoms with Crippen molar-refractivity contribution < 1.29 is 23.3 Å². The number of nitrogens with zero attached hydrogens (tertiary/aromatic N) is 8. The highest BCUT2D eigenvalue weighted by Crippen LogP contribution is 2.47. The maximum atomic E-state index is 9.07. The fourth-order valence-corrected chi connectivity index (χ4v) is 11.1. The van der Waals surface area contributed by atoms with Crippen molar-refractivity contribution in [2.24, 2.45) is 0 Å². The highest BCUT2D eigenvalue weighted by Gasteiger charge is 2.38. The summed E-state index contributed by atoms with van der Waals surface area (Å²) in [5.41, 5.74) is 5.77. The summed E-state index contributed by atoms with van der Waals surface area (Å²) in [7, 11) is 2.06. The van der Waals surface area contributed by atoms with Crippen LogP contribution < -0.4 is 9.47 Å². The molecule has 2 heterocycles. The molecule has 0 N–H and O–H groups in total. The third-order valence-corrected chi connectivity index (χ3v) is 14.8. The molecule has 2 aromatic heterocycles. The molecule has 358 valence electrons. The minimum absolute atomic E-state index is 0.244. The Bertz CT molecular complexity index is 3110. The van der Waals surface area contributed by atoms with Crippen LogP contribution >= 0.6 is 8.53 Å². The molecule has 14 heteroatoms. The number of rotatable bonds is 23. The molecule has 0 aliphatic carbocycles. The lowest BCUT2D eigenvalue weighted by Crippen LogP contribution is -2.33. The van der Waals surface area contributed by atoms with Crippen LogP contribution in [0.2, 0.25) is 0 Å². The topological polar surface area (TPSA) is 135 Å². The number of hydrogen-bond donors (Lipinski definition) is 0. The van der Waals surface area contributed by atoms with E-state index in [1.807, 2.05) is 64.2 Å². The van der Waals surface area contributed by atoms with E-state index in [2.05, 4.69) is 139 Å². The molecule has 0 aliphatic rings. The van der Waals surface area contributed by atoms with Gasteiger partial charge in [-0.3, -0.25) is 9.36 Å². The van der Waals surface area contributed by atoms with Gasteiger partial charge in [-0.05, 0) is 114 Å². The van der Waals surface area contributed by atoms with Gasteiger partial charge in [0.15, 0.2) is 0 Å². The van der Waals surface area contributed by atoms with E-state index in [0.717, 1.165) is 78.7 Å². The van der Waals surface area contributed by atoms with Crippen molar-refractivity contribution in [3.8, 4) is 40.1 Å². The molecule has 0 amide bonds. The molecule has 1 atom stereocenters. The third-order valence-electron chi connectivity index (χ3n) is 12.7. The average molecular weight is 955 g/mol. The number of aryl methyl sites for hydroxylation is 2. The minimum Gasteiger partial charge on any atom is -0.497 e. The van der Waals surface area contributed by atoms with Gasteiger partial charge in [-0.2, -0.15) is 5.26 Å². The van der Waals surface area contributed by atoms with Crippen LogP contribution in [0.1, 0.15) is 63.6 Å². The Morgan fingerprint density at radius 3 is 1.54 bits per heavy atom. The van der Waals surface area contributed by atoms with Crippen LogP contribution in [0, 0.1) is 11.3 Å². The lowest BCUT2D eigenvalue weighted by molar-refractivity contribution is 0.00962. The lowest BCUT2D eigenvalue weighted by atomic mass is 9.80. The maximum absolute atomic E-state index is 9.07. The summed E-state index contributed by atoms with van der Waals surface area (Å²) in [5, 5.41) is 34.5. The van der Waals surface area contributed by atoms with Crippen molar-refractivity contribution in [1.82, 2.24) is 34.7 Å². The van der Waals surface area contributed by atoms with Gasteiger partial charge >= 0.3 is 0 Å². The smallest absolute Gasteiger partial charge is 0.259 e. The summed E-state index contributed by atoms with van der Waals surface area (Å²) in [4.78, 5) is 0. The molecule has 9 rings (SSSR count). The van der Waals surface area contributed by atoms with Gasteiger partial charge in [0.25, 0.3) is 8.53 Å². The first kappa shape index (κ1) is 48.3. The number of methoxy groups -OCH3 is 2. The van der Waals surface area contributed by atoms with Crippen LogP contribution in [0.25, 0.3) is 54.8 Å². The molecule has 70 heavy (non-hydrogen) atoms. The van der Waals surface area contributed by atoms with Crippen LogP contribution in [0.15, 0.2) is 140 Å². The Kier molecular flexibility index (Phi) is 15.1. The van der Waals surface area contributed by atoms with Crippen molar-refractivity contribution in [1.29, 1.82) is 5.26 Å². The van der Waals surface area contributed by atoms with Crippen LogP contribution in [0.3, 0.4) is 0 Å². The van der Waals surface area contributed by atoms with Gasteiger partial charge in [0.05, 0.1) is 58.9 Å². The van der Waals surface area contributed by atoms with Gasteiger partial charge < -0.3 is 23.3 Å². The summed E-state index contributed by atoms with van der Waals surface area (Å²) < 4.78 is 36.6. The van der Waals surface area contributed by atoms with E-state index in [1.165, 1.54) is 10.8 Å². The highest BCUT2D eigenvalue weighted by molar-refractivity contribution is 7.44. The SMILES string of the molecule is COc1ccc(C(OCCCn2cc(-c3ccc4ccc5c(-c6cn(CCCOP(OCCC#N)N(C(C)C)C(C)C)nn6)ccc6ccc3c4c65)nn2)(c2ccccc2)c2ccc(OC)cc2)cc1. The fraction of sp³-hybridized carbons (Fsp3) is 0.304. The van der Waals surface area contributed by atoms with Gasteiger partial charge in [0.1, 0.15) is 28.5 Å². The van der Waals surface area contributed by atoms with Crippen molar-refractivity contribution in [2.45, 2.75) is 77.7 Å². The van der Waals surface area contributed by atoms with Crippen LogP contribution in [0.4, 0.5) is 0 Å². The zero-order valence-corrected chi connectivity index (χ0v) is 41.6. The van der Waals surface area contributed by atoms with Gasteiger partial charge in [-0.1, -0.05) is 114 Å². The van der Waals surface area contributed by atoms with E-state index in [-0.39, 0.29) is 12.1 Å². The van der Waals surface area contributed by atoms with Crippen molar-refractivity contribution in [2.75, 3.05) is 34.0 Å². The molecular weight excluding hydrogens is 896 g/mol. The van der Waals surface area contributed by atoms with Crippen LogP contribution in [-0.2, 0) is 32.5 Å². The first-order valence-electron chi connectivity index (χ1n) is 23.9. The largest absolute Gasteiger partial charge is 0.497 e. The van der Waals surface area contributed by atoms with E-state index in [1.54, 1.807) is 14.2 Å². The van der Waals surface area contributed by atoms with Gasteiger partial charge in [-0.25, -0.2) is 4.67 Å². The Labute approximate surface area is 410 Å². The number of aromatic nitrogens is 6. The molecule has 0 saturated heterocycles. The molecule has 9 aromatic rings. The predicted molar refractivity (Wildman–Crippen MR) is 277 cm³/mol. The first-order valence-corrected chi connectivity index (χ1v) is 25.1. The molecule has 0 bridgehead atoms. The second-order valence-electron chi connectivity index (χ2n) is 17.8. The normalized spacial score (nSPS) is 12.5. The molecule has 0 saturated carbocycles. The second-order valence-corrected chi connectivity index (χ2v) is 19.3. The molecule has 7 aromatic carbocycles. The Morgan fingerprint density at radius 2 is 1.06 bits per heavy atom. The molecule has 13 nitrogen and oxygen atoms in total. The maximum Gasteiger partial charge on any atom is 0.259 e. The molecular formula is C56H59N8O5P. The number of hydrogen-bond acceptors (Lipinski definition) is 11. The van der Waals surface area contributed by atoms with Gasteiger partial charge in [-0.15, -0.1) is 10.2 Å². The highest BCUT2D eigenvalue weighted by atomic mass is 31.2. The van der Waals surface area contributed by atoms with E-state index >= 15 is 0 Å². The van der Waals surface area contributed by atoms with Gasteiger partial charge in [0.2, 0.25) is 0 Å². The van der Waals surface area contributed by atoms with Crippen LogP contribution in [0.5, 0.6) is 11.5 Å². The van der Waals surface area contributed by atoms with E-state index in [0.29, 0.717) is 45.8 Å². The monoisotopic (exact) mass is 954 g/mol. The van der Waals surface area contributed by atoms with Crippen molar-refractivity contribution >= 4 is 40.8 Å². The molecule has 0 fully saturated rings. The Morgan fingerprint density at radius 1 is 0.586 bits per heavy atom. The quantitative estimate of drug-likeness (QED) is 0.0262. The number of ether oxygens (including phenoxy) is 3. The standard InChI is InChI=1S/C56H59N8O5P/c1-39(2)64(40(3)4)70(68-35-10-31-57)69-36-12-33-63-38-53(59-61-63)49-28-16-42-17-29-50-48(27-15-41-18-30-51(49)55(42)54(41)50)52-37-62(60-58-52)32-11-34-67-56(43-13-8-7-9-14-43,44-19-23-46(65-5)24-20-44)45-21-25-47(66-6)26-22-45/h7-9,13-30,37-40H,10-12,32-36H2,1-6H3. The Balaban J connectivity index is 0.920. The van der Waals surface area contributed by atoms with Crippen molar-refractivity contribution in [3.63, 3.8) is 0 Å². The summed E-state index contributed by atoms with van der Waals surface area (Å²) in [6.07, 6.45) is 5.81. The summed E-state index contributed by atoms with van der Waals surface area (Å²) >= 11 is 0. The molecule has 0 radical (unpaired) electrons. The van der Waals surface area contributed by atoms with E-state index in [4.69, 9.17) is 33.6 Å². The van der Waals surface area contributed by atoms with E-state index < -0.39 is 14.1 Å². The predicted octanol–water partition coefficient (Wildman–Crippen LogP) is 12.2. The fourth-order valence-electron chi connectivity index (χ4n) is 9.52. The average Bonchev–Trinajstić information content (AvgIpc) is 4.07. The summed E-state index contributed by atoms with van der Waals surface area (Å²) in [5.74, 6) is 1.55. The minimum atomic E-state index is -1.30. The zero-order valence-electron chi connectivity index (χ0n) is 40.7. The van der Waals surface area contributed by atoms with Crippen LogP contribution in [-0.4, -0.2) is 80.8 Å². The molecule has 0 aliphatic heterocycles. The lowest BCUT2D eigenvalue weighted by Gasteiger charge is -2.36. The molecule has 1 unspecified atom stereocenters. The first-order chi connectivity index (χ1) is 34.2. The Hall–Kier alpha value is -6.78. The molecule has 0 spiro atoms. The second kappa shape index (κ2) is 21.9. The number of nitriles is 1.